The predicted molar refractivity (Wildman–Crippen MR) is 95.0 cm³/mol. The molecule has 5 nitrogen and oxygen atoms in total. The predicted octanol–water partition coefficient (Wildman–Crippen LogP) is 2.78. The van der Waals surface area contributed by atoms with Crippen LogP contribution in [0.1, 0.15) is 37.3 Å². The van der Waals surface area contributed by atoms with Gasteiger partial charge in [0.15, 0.2) is 0 Å². The number of amides is 2. The zero-order valence-corrected chi connectivity index (χ0v) is 14.9. The maximum Gasteiger partial charge on any atom is 0.317 e. The third-order valence-corrected chi connectivity index (χ3v) is 5.35. The minimum absolute atomic E-state index is 0.0601. The van der Waals surface area contributed by atoms with Gasteiger partial charge in [-0.2, -0.15) is 0 Å². The molecule has 0 spiro atoms. The van der Waals surface area contributed by atoms with Crippen LogP contribution in [0.2, 0.25) is 0 Å². The number of hydrogen-bond acceptors (Lipinski definition) is 3. The second kappa shape index (κ2) is 8.63. The Bertz CT molecular complexity index is 570. The molecule has 1 atom stereocenters. The van der Waals surface area contributed by atoms with Crippen LogP contribution in [0.3, 0.4) is 0 Å². The number of likely N-dealkylation sites (tertiary alicyclic amines) is 2. The maximum atomic E-state index is 14.3. The molecular weight excluding hydrogens is 321 g/mol. The van der Waals surface area contributed by atoms with Crippen molar-refractivity contribution in [2.45, 2.75) is 37.8 Å². The van der Waals surface area contributed by atoms with Gasteiger partial charge in [0, 0.05) is 32.3 Å². The summed E-state index contributed by atoms with van der Waals surface area (Å²) in [4.78, 5) is 16.6. The number of benzene rings is 1. The van der Waals surface area contributed by atoms with Gasteiger partial charge in [-0.1, -0.05) is 18.2 Å². The highest BCUT2D eigenvalue weighted by molar-refractivity contribution is 5.74. The number of nitrogens with zero attached hydrogens (tertiary/aromatic N) is 2. The zero-order valence-electron chi connectivity index (χ0n) is 14.9. The number of carbonyl (C=O) groups is 1. The largest absolute Gasteiger partial charge is 0.381 e. The number of piperidine rings is 1. The van der Waals surface area contributed by atoms with E-state index in [1.807, 2.05) is 17.0 Å². The van der Waals surface area contributed by atoms with Crippen molar-refractivity contribution in [2.24, 2.45) is 0 Å². The van der Waals surface area contributed by atoms with Gasteiger partial charge in [-0.25, -0.2) is 9.18 Å². The number of ether oxygens (including phenoxy) is 1. The molecule has 0 aromatic heterocycles. The van der Waals surface area contributed by atoms with E-state index >= 15 is 0 Å². The Morgan fingerprint density at radius 3 is 2.56 bits per heavy atom. The molecule has 2 heterocycles. The maximum absolute atomic E-state index is 14.3. The summed E-state index contributed by atoms with van der Waals surface area (Å²) in [5, 5.41) is 3.03. The molecule has 6 heteroatoms. The molecule has 0 unspecified atom stereocenters. The summed E-state index contributed by atoms with van der Waals surface area (Å²) < 4.78 is 19.6. The highest BCUT2D eigenvalue weighted by atomic mass is 19.1. The molecule has 2 aliphatic rings. The lowest BCUT2D eigenvalue weighted by Gasteiger charge is -2.33. The highest BCUT2D eigenvalue weighted by Crippen LogP contribution is 2.26. The number of nitrogens with one attached hydrogen (secondary N) is 1. The van der Waals surface area contributed by atoms with Gasteiger partial charge in [-0.05, 0) is 44.8 Å². The van der Waals surface area contributed by atoms with Crippen molar-refractivity contribution in [1.29, 1.82) is 0 Å². The first-order valence-electron chi connectivity index (χ1n) is 9.23. The van der Waals surface area contributed by atoms with Crippen LogP contribution < -0.4 is 5.32 Å². The van der Waals surface area contributed by atoms with Crippen LogP contribution in [-0.4, -0.2) is 61.8 Å². The first-order valence-corrected chi connectivity index (χ1v) is 9.23. The van der Waals surface area contributed by atoms with Crippen LogP contribution in [0.15, 0.2) is 24.3 Å². The van der Waals surface area contributed by atoms with Crippen LogP contribution in [0, 0.1) is 5.82 Å². The molecule has 1 aromatic carbocycles. The molecule has 0 saturated carbocycles. The van der Waals surface area contributed by atoms with Crippen molar-refractivity contribution in [3.05, 3.63) is 35.6 Å². The summed E-state index contributed by atoms with van der Waals surface area (Å²) in [6.07, 6.45) is 4.24. The van der Waals surface area contributed by atoms with Gasteiger partial charge in [0.2, 0.25) is 0 Å². The normalized spacial score (nSPS) is 20.6. The summed E-state index contributed by atoms with van der Waals surface area (Å²) in [7, 11) is 1.72. The average molecular weight is 349 g/mol. The van der Waals surface area contributed by atoms with Crippen LogP contribution in [-0.2, 0) is 4.74 Å². The molecule has 2 saturated heterocycles. The van der Waals surface area contributed by atoms with Crippen LogP contribution in [0.25, 0.3) is 0 Å². The lowest BCUT2D eigenvalue weighted by atomic mass is 10.0. The molecule has 2 amide bonds. The van der Waals surface area contributed by atoms with Gasteiger partial charge in [0.25, 0.3) is 0 Å². The Kier molecular flexibility index (Phi) is 6.26. The van der Waals surface area contributed by atoms with Gasteiger partial charge in [-0.3, -0.25) is 4.90 Å². The summed E-state index contributed by atoms with van der Waals surface area (Å²) in [6, 6.07) is 6.72. The Hall–Kier alpha value is -1.66. The van der Waals surface area contributed by atoms with Crippen molar-refractivity contribution >= 4 is 6.03 Å². The summed E-state index contributed by atoms with van der Waals surface area (Å²) in [5.41, 5.74) is 0.669. The third kappa shape index (κ3) is 4.50. The number of halogens is 1. The molecule has 0 radical (unpaired) electrons. The van der Waals surface area contributed by atoms with E-state index in [0.717, 1.165) is 38.8 Å². The Balaban J connectivity index is 1.61. The van der Waals surface area contributed by atoms with Crippen molar-refractivity contribution in [2.75, 3.05) is 39.8 Å². The number of rotatable bonds is 5. The minimum Gasteiger partial charge on any atom is -0.381 e. The Morgan fingerprint density at radius 1 is 1.24 bits per heavy atom. The SMILES string of the molecule is COC1CCN(C(=O)NC[C@@H](c2ccccc2F)N2CCCC2)CC1. The number of methoxy groups -OCH3 is 1. The van der Waals surface area contributed by atoms with E-state index in [-0.39, 0.29) is 24.0 Å². The van der Waals surface area contributed by atoms with E-state index in [4.69, 9.17) is 4.74 Å². The lowest BCUT2D eigenvalue weighted by molar-refractivity contribution is 0.0501. The summed E-state index contributed by atoms with van der Waals surface area (Å²) >= 11 is 0. The van der Waals surface area contributed by atoms with Gasteiger partial charge in [0.1, 0.15) is 5.82 Å². The Labute approximate surface area is 149 Å². The fourth-order valence-electron chi connectivity index (χ4n) is 3.82. The van der Waals surface area contributed by atoms with E-state index in [0.29, 0.717) is 25.2 Å². The molecule has 25 heavy (non-hydrogen) atoms. The fraction of sp³-hybridized carbons (Fsp3) is 0.632. The third-order valence-electron chi connectivity index (χ3n) is 5.35. The minimum atomic E-state index is -0.199. The van der Waals surface area contributed by atoms with Crippen molar-refractivity contribution in [1.82, 2.24) is 15.1 Å². The van der Waals surface area contributed by atoms with E-state index in [9.17, 15) is 9.18 Å². The lowest BCUT2D eigenvalue weighted by Crippen LogP contribution is -2.48. The zero-order chi connectivity index (χ0) is 17.6. The van der Waals surface area contributed by atoms with Crippen molar-refractivity contribution < 1.29 is 13.9 Å². The quantitative estimate of drug-likeness (QED) is 0.889. The first kappa shape index (κ1) is 18.1. The van der Waals surface area contributed by atoms with Crippen LogP contribution >= 0.6 is 0 Å². The summed E-state index contributed by atoms with van der Waals surface area (Å²) in [6.45, 7) is 3.75. The number of urea groups is 1. The topological polar surface area (TPSA) is 44.8 Å². The molecule has 2 fully saturated rings. The highest BCUT2D eigenvalue weighted by Gasteiger charge is 2.28. The molecule has 0 aliphatic carbocycles. The fourth-order valence-corrected chi connectivity index (χ4v) is 3.82. The number of carbonyl (C=O) groups excluding carboxylic acids is 1. The van der Waals surface area contributed by atoms with Crippen molar-refractivity contribution in [3.63, 3.8) is 0 Å². The van der Waals surface area contributed by atoms with E-state index in [1.165, 1.54) is 6.07 Å². The van der Waals surface area contributed by atoms with Crippen LogP contribution in [0.5, 0.6) is 0 Å². The van der Waals surface area contributed by atoms with E-state index in [2.05, 4.69) is 10.2 Å². The van der Waals surface area contributed by atoms with Crippen LogP contribution in [0.4, 0.5) is 9.18 Å². The van der Waals surface area contributed by atoms with Gasteiger partial charge < -0.3 is 15.0 Å². The first-order chi connectivity index (χ1) is 12.2. The molecule has 3 rings (SSSR count). The molecule has 1 N–H and O–H groups in total. The molecule has 1 aromatic rings. The molecule has 2 aliphatic heterocycles. The summed E-state index contributed by atoms with van der Waals surface area (Å²) in [5.74, 6) is -0.199. The van der Waals surface area contributed by atoms with Gasteiger partial charge >= 0.3 is 6.03 Å². The average Bonchev–Trinajstić information content (AvgIpc) is 3.17. The van der Waals surface area contributed by atoms with Gasteiger partial charge in [-0.15, -0.1) is 0 Å². The van der Waals surface area contributed by atoms with Gasteiger partial charge in [0.05, 0.1) is 12.1 Å². The molecular formula is C19H28FN3O2. The molecule has 138 valence electrons. The standard InChI is InChI=1S/C19H28FN3O2/c1-25-15-8-12-23(13-9-15)19(24)21-14-18(22-10-4-5-11-22)16-6-2-3-7-17(16)20/h2-3,6-7,15,18H,4-5,8-14H2,1H3,(H,21,24)/t18-/m0/s1. The second-order valence-corrected chi connectivity index (χ2v) is 6.89. The number of hydrogen-bond donors (Lipinski definition) is 1. The monoisotopic (exact) mass is 349 g/mol. The Morgan fingerprint density at radius 2 is 1.92 bits per heavy atom. The van der Waals surface area contributed by atoms with E-state index < -0.39 is 0 Å². The molecule has 0 bridgehead atoms. The van der Waals surface area contributed by atoms with Crippen molar-refractivity contribution in [3.8, 4) is 0 Å². The smallest absolute Gasteiger partial charge is 0.317 e. The van der Waals surface area contributed by atoms with E-state index in [1.54, 1.807) is 13.2 Å². The second-order valence-electron chi connectivity index (χ2n) is 6.89.